The van der Waals surface area contributed by atoms with E-state index in [9.17, 15) is 0 Å². The molecule has 56 valence electrons. The fourth-order valence-electron chi connectivity index (χ4n) is 1.38. The number of hydrogen-bond acceptors (Lipinski definition) is 0. The Morgan fingerprint density at radius 1 is 1.36 bits per heavy atom. The van der Waals surface area contributed by atoms with Crippen LogP contribution < -0.4 is 0 Å². The number of alkyl halides is 1. The molecule has 0 amide bonds. The van der Waals surface area contributed by atoms with Gasteiger partial charge >= 0.3 is 0 Å². The Hall–Kier alpha value is -0.750. The first-order chi connectivity index (χ1) is 5.27. The zero-order valence-electron chi connectivity index (χ0n) is 6.34. The van der Waals surface area contributed by atoms with Gasteiger partial charge in [0.05, 0.1) is 5.38 Å². The molecule has 1 aromatic carbocycles. The highest BCUT2D eigenvalue weighted by atomic mass is 35.5. The van der Waals surface area contributed by atoms with Crippen LogP contribution in [0.3, 0.4) is 0 Å². The molecule has 11 heavy (non-hydrogen) atoms. The van der Waals surface area contributed by atoms with Crippen molar-refractivity contribution in [2.45, 2.75) is 12.3 Å². The fourth-order valence-corrected chi connectivity index (χ4v) is 1.65. The van der Waals surface area contributed by atoms with Crippen molar-refractivity contribution in [3.63, 3.8) is 0 Å². The highest BCUT2D eigenvalue weighted by molar-refractivity contribution is 6.23. The fraction of sp³-hybridized carbons (Fsp3) is 0.200. The van der Waals surface area contributed by atoms with Crippen molar-refractivity contribution in [1.82, 2.24) is 0 Å². The molecule has 1 aromatic rings. The summed E-state index contributed by atoms with van der Waals surface area (Å²) in [6.45, 7) is 2.09. The lowest BCUT2D eigenvalue weighted by atomic mass is 10.1. The van der Waals surface area contributed by atoms with E-state index < -0.39 is 0 Å². The molecule has 0 aliphatic heterocycles. The van der Waals surface area contributed by atoms with E-state index in [1.54, 1.807) is 0 Å². The first-order valence-electron chi connectivity index (χ1n) is 3.70. The van der Waals surface area contributed by atoms with Gasteiger partial charge in [0, 0.05) is 0 Å². The van der Waals surface area contributed by atoms with Crippen molar-refractivity contribution < 1.29 is 0 Å². The Morgan fingerprint density at radius 2 is 2.18 bits per heavy atom. The Bertz CT molecular complexity index is 313. The molecule has 2 rings (SSSR count). The van der Waals surface area contributed by atoms with Crippen molar-refractivity contribution in [1.29, 1.82) is 0 Å². The van der Waals surface area contributed by atoms with Crippen LogP contribution in [0.15, 0.2) is 24.3 Å². The van der Waals surface area contributed by atoms with Crippen LogP contribution in [0.1, 0.15) is 22.1 Å². The van der Waals surface area contributed by atoms with Crippen LogP contribution in [-0.2, 0) is 0 Å². The summed E-state index contributed by atoms with van der Waals surface area (Å²) < 4.78 is 0. The summed E-state index contributed by atoms with van der Waals surface area (Å²) in [5.74, 6) is 0. The lowest BCUT2D eigenvalue weighted by Crippen LogP contribution is -1.84. The number of hydrogen-bond donors (Lipinski definition) is 0. The average molecular weight is 165 g/mol. The number of allylic oxidation sites excluding steroid dienone is 1. The third-order valence-corrected chi connectivity index (χ3v) is 2.36. The summed E-state index contributed by atoms with van der Waals surface area (Å²) in [6.07, 6.45) is 4.10. The molecule has 0 bridgehead atoms. The highest BCUT2D eigenvalue weighted by Gasteiger charge is 2.13. The summed E-state index contributed by atoms with van der Waals surface area (Å²) in [6, 6.07) is 6.36. The molecule has 0 fully saturated rings. The van der Waals surface area contributed by atoms with Crippen molar-refractivity contribution in [3.05, 3.63) is 41.0 Å². The molecule has 0 spiro atoms. The Labute approximate surface area is 71.5 Å². The lowest BCUT2D eigenvalue weighted by Gasteiger charge is -2.02. The van der Waals surface area contributed by atoms with Crippen molar-refractivity contribution in [2.24, 2.45) is 0 Å². The standard InChI is InChI=1S/C10H9Cl/c1-7-2-4-9-8(6-7)3-5-10(9)11/h2-6,10H,1H3. The minimum Gasteiger partial charge on any atom is -0.113 e. The molecule has 1 unspecified atom stereocenters. The third kappa shape index (κ3) is 1.08. The van der Waals surface area contributed by atoms with Gasteiger partial charge in [-0.05, 0) is 18.1 Å². The summed E-state index contributed by atoms with van der Waals surface area (Å²) in [7, 11) is 0. The molecule has 0 radical (unpaired) electrons. The normalized spacial score (nSPS) is 20.4. The maximum atomic E-state index is 6.01. The van der Waals surface area contributed by atoms with Gasteiger partial charge in [-0.25, -0.2) is 0 Å². The van der Waals surface area contributed by atoms with Crippen molar-refractivity contribution >= 4 is 17.7 Å². The second kappa shape index (κ2) is 2.38. The molecule has 0 nitrogen and oxygen atoms in total. The number of fused-ring (bicyclic) bond motifs is 1. The van der Waals surface area contributed by atoms with E-state index in [0.717, 1.165) is 0 Å². The minimum atomic E-state index is 0.0885. The predicted octanol–water partition coefficient (Wildman–Crippen LogP) is 3.30. The molecule has 0 saturated heterocycles. The van der Waals surface area contributed by atoms with Gasteiger partial charge in [-0.3, -0.25) is 0 Å². The molecule has 0 aromatic heterocycles. The van der Waals surface area contributed by atoms with E-state index in [1.807, 2.05) is 6.08 Å². The van der Waals surface area contributed by atoms with E-state index in [0.29, 0.717) is 0 Å². The second-order valence-corrected chi connectivity index (χ2v) is 3.36. The molecule has 1 aliphatic rings. The zero-order valence-corrected chi connectivity index (χ0v) is 7.10. The van der Waals surface area contributed by atoms with Gasteiger partial charge in [0.1, 0.15) is 0 Å². The maximum Gasteiger partial charge on any atom is 0.0775 e. The smallest absolute Gasteiger partial charge is 0.0775 e. The molecular formula is C10H9Cl. The van der Waals surface area contributed by atoms with Gasteiger partial charge in [-0.2, -0.15) is 0 Å². The molecule has 0 saturated carbocycles. The molecule has 0 N–H and O–H groups in total. The largest absolute Gasteiger partial charge is 0.113 e. The van der Waals surface area contributed by atoms with Gasteiger partial charge in [-0.15, -0.1) is 11.6 Å². The van der Waals surface area contributed by atoms with Crippen LogP contribution in [0.25, 0.3) is 6.08 Å². The van der Waals surface area contributed by atoms with E-state index in [1.165, 1.54) is 16.7 Å². The van der Waals surface area contributed by atoms with Gasteiger partial charge in [0.25, 0.3) is 0 Å². The van der Waals surface area contributed by atoms with Gasteiger partial charge < -0.3 is 0 Å². The van der Waals surface area contributed by atoms with E-state index in [4.69, 9.17) is 11.6 Å². The van der Waals surface area contributed by atoms with Crippen LogP contribution >= 0.6 is 11.6 Å². The number of rotatable bonds is 0. The average Bonchev–Trinajstić information content (AvgIpc) is 2.32. The molecule has 1 heteroatoms. The van der Waals surface area contributed by atoms with Crippen LogP contribution in [0.2, 0.25) is 0 Å². The van der Waals surface area contributed by atoms with E-state index in [-0.39, 0.29) is 5.38 Å². The van der Waals surface area contributed by atoms with E-state index >= 15 is 0 Å². The molecular weight excluding hydrogens is 156 g/mol. The van der Waals surface area contributed by atoms with Gasteiger partial charge in [0.2, 0.25) is 0 Å². The Balaban J connectivity index is 2.58. The number of benzene rings is 1. The first-order valence-corrected chi connectivity index (χ1v) is 4.14. The first kappa shape index (κ1) is 6.93. The topological polar surface area (TPSA) is 0 Å². The second-order valence-electron chi connectivity index (χ2n) is 2.89. The van der Waals surface area contributed by atoms with Gasteiger partial charge in [0.15, 0.2) is 0 Å². The van der Waals surface area contributed by atoms with Crippen LogP contribution in [0.4, 0.5) is 0 Å². The Morgan fingerprint density at radius 3 is 3.00 bits per heavy atom. The summed E-state index contributed by atoms with van der Waals surface area (Å²) >= 11 is 6.01. The maximum absolute atomic E-state index is 6.01. The van der Waals surface area contributed by atoms with Crippen molar-refractivity contribution in [3.8, 4) is 0 Å². The highest BCUT2D eigenvalue weighted by Crippen LogP contribution is 2.33. The van der Waals surface area contributed by atoms with Crippen LogP contribution in [0.5, 0.6) is 0 Å². The summed E-state index contributed by atoms with van der Waals surface area (Å²) in [4.78, 5) is 0. The molecule has 0 heterocycles. The van der Waals surface area contributed by atoms with Crippen molar-refractivity contribution in [2.75, 3.05) is 0 Å². The van der Waals surface area contributed by atoms with Crippen LogP contribution in [0, 0.1) is 6.92 Å². The summed E-state index contributed by atoms with van der Waals surface area (Å²) in [5.41, 5.74) is 3.79. The zero-order chi connectivity index (χ0) is 7.84. The molecule has 1 atom stereocenters. The molecule has 1 aliphatic carbocycles. The third-order valence-electron chi connectivity index (χ3n) is 1.98. The van der Waals surface area contributed by atoms with Crippen LogP contribution in [-0.4, -0.2) is 0 Å². The lowest BCUT2D eigenvalue weighted by molar-refractivity contribution is 1.24. The number of aryl methyl sites for hydroxylation is 1. The monoisotopic (exact) mass is 164 g/mol. The van der Waals surface area contributed by atoms with E-state index in [2.05, 4.69) is 31.2 Å². The Kier molecular flexibility index (Phi) is 1.50. The quantitative estimate of drug-likeness (QED) is 0.517. The number of halogens is 1. The van der Waals surface area contributed by atoms with Gasteiger partial charge in [-0.1, -0.05) is 35.9 Å². The summed E-state index contributed by atoms with van der Waals surface area (Å²) in [5, 5.41) is 0.0885. The minimum absolute atomic E-state index is 0.0885. The SMILES string of the molecule is Cc1ccc2c(c1)C=CC2Cl. The predicted molar refractivity (Wildman–Crippen MR) is 48.8 cm³/mol.